The number of nitrogen functional groups attached to an aromatic ring is 1. The van der Waals surface area contributed by atoms with E-state index in [0.717, 1.165) is 32.8 Å². The number of nitrogens with zero attached hydrogens (tertiary/aromatic N) is 4. The number of amides is 1. The minimum Gasteiger partial charge on any atom is -0.383 e. The number of carbonyl (C=O) groups is 1. The Morgan fingerprint density at radius 3 is 2.93 bits per heavy atom. The summed E-state index contributed by atoms with van der Waals surface area (Å²) in [4.78, 5) is 24.9. The number of benzene rings is 1. The molecule has 148 valence electrons. The molecule has 0 unspecified atom stereocenters. The molecule has 1 fully saturated rings. The first-order valence-electron chi connectivity index (χ1n) is 9.30. The summed E-state index contributed by atoms with van der Waals surface area (Å²) in [5, 5.41) is 12.7. The maximum Gasteiger partial charge on any atom is 0.261 e. The van der Waals surface area contributed by atoms with E-state index in [4.69, 9.17) is 15.7 Å². The molecule has 3 N–H and O–H groups in total. The van der Waals surface area contributed by atoms with Crippen LogP contribution in [0, 0.1) is 11.3 Å². The summed E-state index contributed by atoms with van der Waals surface area (Å²) < 4.78 is 5.33. The van der Waals surface area contributed by atoms with E-state index in [1.165, 1.54) is 11.3 Å². The van der Waals surface area contributed by atoms with Crippen molar-refractivity contribution in [2.75, 3.05) is 45.1 Å². The zero-order valence-corrected chi connectivity index (χ0v) is 16.5. The number of rotatable bonds is 5. The number of anilines is 1. The van der Waals surface area contributed by atoms with Gasteiger partial charge >= 0.3 is 0 Å². The van der Waals surface area contributed by atoms with Gasteiger partial charge in [-0.1, -0.05) is 12.1 Å². The topological polar surface area (TPSA) is 117 Å². The number of nitrogens with one attached hydrogen (secondary N) is 1. The second-order valence-electron chi connectivity index (χ2n) is 6.66. The van der Waals surface area contributed by atoms with Crippen molar-refractivity contribution in [1.82, 2.24) is 20.2 Å². The molecule has 0 saturated carbocycles. The predicted octanol–water partition coefficient (Wildman–Crippen LogP) is 1.87. The van der Waals surface area contributed by atoms with E-state index in [9.17, 15) is 4.79 Å². The molecule has 1 aliphatic rings. The van der Waals surface area contributed by atoms with Crippen molar-refractivity contribution in [2.45, 2.75) is 0 Å². The Morgan fingerprint density at radius 2 is 2.14 bits per heavy atom. The zero-order chi connectivity index (χ0) is 20.2. The van der Waals surface area contributed by atoms with Crippen LogP contribution in [0.4, 0.5) is 5.82 Å². The lowest BCUT2D eigenvalue weighted by atomic mass is 10.1. The fraction of sp³-hybridized carbons (Fsp3) is 0.300. The van der Waals surface area contributed by atoms with Gasteiger partial charge in [0.05, 0.1) is 35.1 Å². The Kier molecular flexibility index (Phi) is 5.67. The van der Waals surface area contributed by atoms with Crippen LogP contribution in [0.5, 0.6) is 0 Å². The van der Waals surface area contributed by atoms with Gasteiger partial charge in [0.2, 0.25) is 0 Å². The van der Waals surface area contributed by atoms with E-state index in [1.54, 1.807) is 24.3 Å². The third kappa shape index (κ3) is 4.35. The van der Waals surface area contributed by atoms with Crippen molar-refractivity contribution >= 4 is 33.3 Å². The van der Waals surface area contributed by atoms with Gasteiger partial charge in [-0.15, -0.1) is 11.3 Å². The highest BCUT2D eigenvalue weighted by Gasteiger charge is 2.16. The van der Waals surface area contributed by atoms with Crippen molar-refractivity contribution in [1.29, 1.82) is 5.26 Å². The summed E-state index contributed by atoms with van der Waals surface area (Å²) in [7, 11) is 0. The molecule has 0 radical (unpaired) electrons. The van der Waals surface area contributed by atoms with Crippen molar-refractivity contribution in [2.24, 2.45) is 0 Å². The van der Waals surface area contributed by atoms with Crippen molar-refractivity contribution < 1.29 is 9.53 Å². The number of hydrogen-bond acceptors (Lipinski definition) is 8. The van der Waals surface area contributed by atoms with E-state index >= 15 is 0 Å². The molecule has 8 nitrogen and oxygen atoms in total. The fourth-order valence-electron chi connectivity index (χ4n) is 3.15. The number of aromatic nitrogens is 2. The quantitative estimate of drug-likeness (QED) is 0.662. The van der Waals surface area contributed by atoms with E-state index in [1.807, 2.05) is 6.07 Å². The van der Waals surface area contributed by atoms with Crippen LogP contribution in [0.25, 0.3) is 21.6 Å². The summed E-state index contributed by atoms with van der Waals surface area (Å²) in [5.41, 5.74) is 7.35. The zero-order valence-electron chi connectivity index (χ0n) is 15.7. The third-order valence-corrected chi connectivity index (χ3v) is 5.74. The molecule has 3 heterocycles. The molecule has 1 aliphatic heterocycles. The molecular formula is C20H20N6O2S. The number of hydrogen-bond donors (Lipinski definition) is 2. The molecule has 0 bridgehead atoms. The molecule has 0 aliphatic carbocycles. The SMILES string of the molecule is N#Cc1cccc(-c2nc(N)c3cc(C(=O)NCCN4CCOCC4)sc3n2)c1. The summed E-state index contributed by atoms with van der Waals surface area (Å²) in [5.74, 6) is 0.609. The number of ether oxygens (including phenoxy) is 1. The molecule has 29 heavy (non-hydrogen) atoms. The number of nitrogens with two attached hydrogens (primary N) is 1. The lowest BCUT2D eigenvalue weighted by molar-refractivity contribution is 0.0383. The van der Waals surface area contributed by atoms with Crippen LogP contribution in [0.2, 0.25) is 0 Å². The first-order chi connectivity index (χ1) is 14.1. The summed E-state index contributed by atoms with van der Waals surface area (Å²) in [6.45, 7) is 4.62. The summed E-state index contributed by atoms with van der Waals surface area (Å²) in [6.07, 6.45) is 0. The van der Waals surface area contributed by atoms with Crippen molar-refractivity contribution in [3.05, 3.63) is 40.8 Å². The molecule has 0 spiro atoms. The molecule has 0 atom stereocenters. The van der Waals surface area contributed by atoms with Crippen LogP contribution in [-0.2, 0) is 4.74 Å². The second kappa shape index (κ2) is 8.53. The number of carbonyl (C=O) groups excluding carboxylic acids is 1. The van der Waals surface area contributed by atoms with Crippen LogP contribution in [-0.4, -0.2) is 60.2 Å². The van der Waals surface area contributed by atoms with E-state index in [-0.39, 0.29) is 5.91 Å². The number of thiophene rings is 1. The highest BCUT2D eigenvalue weighted by molar-refractivity contribution is 7.20. The minimum atomic E-state index is -0.145. The van der Waals surface area contributed by atoms with Gasteiger partial charge in [0.1, 0.15) is 10.6 Å². The Bertz CT molecular complexity index is 1080. The van der Waals surface area contributed by atoms with Crippen molar-refractivity contribution in [3.8, 4) is 17.5 Å². The second-order valence-corrected chi connectivity index (χ2v) is 7.70. The minimum absolute atomic E-state index is 0.145. The number of nitriles is 1. The van der Waals surface area contributed by atoms with Gasteiger partial charge in [0.15, 0.2) is 5.82 Å². The smallest absolute Gasteiger partial charge is 0.261 e. The molecule has 1 amide bonds. The van der Waals surface area contributed by atoms with Crippen LogP contribution in [0.3, 0.4) is 0 Å². The molecule has 1 saturated heterocycles. The van der Waals surface area contributed by atoms with Gasteiger partial charge in [-0.25, -0.2) is 9.97 Å². The average Bonchev–Trinajstić information content (AvgIpc) is 3.19. The maximum absolute atomic E-state index is 12.5. The maximum atomic E-state index is 12.5. The van der Waals surface area contributed by atoms with Crippen LogP contribution >= 0.6 is 11.3 Å². The molecule has 2 aromatic heterocycles. The predicted molar refractivity (Wildman–Crippen MR) is 112 cm³/mol. The van der Waals surface area contributed by atoms with E-state index in [0.29, 0.717) is 44.4 Å². The van der Waals surface area contributed by atoms with Gasteiger partial charge in [-0.2, -0.15) is 5.26 Å². The Labute approximate surface area is 171 Å². The average molecular weight is 408 g/mol. The van der Waals surface area contributed by atoms with Gasteiger partial charge in [0, 0.05) is 31.7 Å². The van der Waals surface area contributed by atoms with Gasteiger partial charge in [-0.3, -0.25) is 9.69 Å². The Balaban J connectivity index is 1.50. The third-order valence-electron chi connectivity index (χ3n) is 4.71. The number of fused-ring (bicyclic) bond motifs is 1. The standard InChI is InChI=1S/C20H20N6O2S/c21-12-13-2-1-3-14(10-13)18-24-17(22)15-11-16(29-20(15)25-18)19(27)23-4-5-26-6-8-28-9-7-26/h1-3,10-11H,4-9H2,(H,23,27)(H2,22,24,25). The van der Waals surface area contributed by atoms with Crippen molar-refractivity contribution in [3.63, 3.8) is 0 Å². The molecule has 1 aromatic carbocycles. The Hall–Kier alpha value is -3.06. The van der Waals surface area contributed by atoms with Gasteiger partial charge in [-0.05, 0) is 18.2 Å². The van der Waals surface area contributed by atoms with E-state index < -0.39 is 0 Å². The highest BCUT2D eigenvalue weighted by atomic mass is 32.1. The molecule has 4 rings (SSSR count). The number of morpholine rings is 1. The lowest BCUT2D eigenvalue weighted by Crippen LogP contribution is -2.41. The largest absolute Gasteiger partial charge is 0.383 e. The fourth-order valence-corrected chi connectivity index (χ4v) is 4.11. The van der Waals surface area contributed by atoms with Crippen LogP contribution in [0.15, 0.2) is 30.3 Å². The first-order valence-corrected chi connectivity index (χ1v) is 10.1. The van der Waals surface area contributed by atoms with Crippen LogP contribution in [0.1, 0.15) is 15.2 Å². The first kappa shape index (κ1) is 19.3. The molecular weight excluding hydrogens is 388 g/mol. The monoisotopic (exact) mass is 408 g/mol. The Morgan fingerprint density at radius 1 is 1.31 bits per heavy atom. The normalized spacial score (nSPS) is 14.6. The lowest BCUT2D eigenvalue weighted by Gasteiger charge is -2.26. The molecule has 3 aromatic rings. The van der Waals surface area contributed by atoms with E-state index in [2.05, 4.69) is 26.3 Å². The summed E-state index contributed by atoms with van der Waals surface area (Å²) in [6, 6.07) is 10.9. The summed E-state index contributed by atoms with van der Waals surface area (Å²) >= 11 is 1.28. The molecule has 9 heteroatoms. The highest BCUT2D eigenvalue weighted by Crippen LogP contribution is 2.30. The van der Waals surface area contributed by atoms with Crippen LogP contribution < -0.4 is 11.1 Å². The van der Waals surface area contributed by atoms with Gasteiger partial charge < -0.3 is 15.8 Å². The van der Waals surface area contributed by atoms with Gasteiger partial charge in [0.25, 0.3) is 5.91 Å².